The Bertz CT molecular complexity index is 1660. The van der Waals surface area contributed by atoms with E-state index in [2.05, 4.69) is 53.0 Å². The number of anilines is 2. The third-order valence-electron chi connectivity index (χ3n) is 6.46. The molecule has 0 aliphatic heterocycles. The fourth-order valence-corrected chi connectivity index (χ4v) is 4.27. The monoisotopic (exact) mass is 665 g/mol. The molecule has 3 aromatic heterocycles. The molecule has 1 unspecified atom stereocenters. The first kappa shape index (κ1) is 37.2. The Labute approximate surface area is 278 Å². The summed E-state index contributed by atoms with van der Waals surface area (Å²) in [5, 5.41) is 40.1. The van der Waals surface area contributed by atoms with Gasteiger partial charge < -0.3 is 40.5 Å². The van der Waals surface area contributed by atoms with E-state index in [1.165, 1.54) is 6.07 Å². The molecule has 1 aromatic carbocycles. The summed E-state index contributed by atoms with van der Waals surface area (Å²) in [6.07, 6.45) is 0.982. The zero-order valence-corrected chi connectivity index (χ0v) is 28.0. The molecule has 1 amide bonds. The SMILES string of the molecule is CCCNc1nc(C)cc(-c2nc(-c3cc(C)c(OCC(O)CNC(=O)CO)c(C)c3)no2)n1.CCCNc1nc(C)cc(C(=O)O)n1. The van der Waals surface area contributed by atoms with Crippen LogP contribution in [0.25, 0.3) is 23.0 Å². The van der Waals surface area contributed by atoms with Gasteiger partial charge in [0.05, 0.1) is 0 Å². The first-order valence-electron chi connectivity index (χ1n) is 15.5. The Hall–Kier alpha value is -5.22. The average molecular weight is 666 g/mol. The summed E-state index contributed by atoms with van der Waals surface area (Å²) in [7, 11) is 0. The normalized spacial score (nSPS) is 11.2. The van der Waals surface area contributed by atoms with E-state index < -0.39 is 24.6 Å². The largest absolute Gasteiger partial charge is 0.490 e. The molecule has 0 bridgehead atoms. The van der Waals surface area contributed by atoms with Crippen LogP contribution >= 0.6 is 0 Å². The maximum atomic E-state index is 11.1. The highest BCUT2D eigenvalue weighted by molar-refractivity contribution is 5.85. The number of aromatic nitrogens is 6. The van der Waals surface area contributed by atoms with E-state index >= 15 is 0 Å². The second-order valence-electron chi connectivity index (χ2n) is 10.9. The highest BCUT2D eigenvalue weighted by Crippen LogP contribution is 2.30. The van der Waals surface area contributed by atoms with Gasteiger partial charge in [0.25, 0.3) is 5.89 Å². The van der Waals surface area contributed by atoms with Crippen molar-refractivity contribution < 1.29 is 34.2 Å². The molecular weight excluding hydrogens is 622 g/mol. The number of carboxylic acids is 1. The van der Waals surface area contributed by atoms with E-state index in [0.717, 1.165) is 48.3 Å². The Morgan fingerprint density at radius 1 is 0.875 bits per heavy atom. The van der Waals surface area contributed by atoms with E-state index in [1.807, 2.05) is 39.8 Å². The van der Waals surface area contributed by atoms with Crippen LogP contribution in [0.5, 0.6) is 5.75 Å². The minimum Gasteiger partial charge on any atom is -0.490 e. The van der Waals surface area contributed by atoms with Gasteiger partial charge in [0, 0.05) is 36.6 Å². The maximum absolute atomic E-state index is 11.1. The number of hydrogen-bond acceptors (Lipinski definition) is 14. The molecule has 0 aliphatic rings. The topological polar surface area (TPSA) is 231 Å². The number of aryl methyl sites for hydroxylation is 4. The second kappa shape index (κ2) is 18.2. The van der Waals surface area contributed by atoms with Gasteiger partial charge in [-0.25, -0.2) is 24.7 Å². The standard InChI is InChI=1S/C23H30N6O5.C9H13N3O2/c1-5-6-24-23-26-15(4)9-18(27-23)22-28-21(29-34-22)16-7-13(2)20(14(3)8-16)33-12-17(31)10-25-19(32)11-30;1-3-4-10-9-11-6(2)5-7(12-9)8(13)14/h7-9,17,30-31H,5-6,10-12H2,1-4H3,(H,25,32)(H,24,26,27);5H,3-4H2,1-2H3,(H,13,14)(H,10,11,12). The number of hydrogen-bond donors (Lipinski definition) is 6. The zero-order chi connectivity index (χ0) is 35.2. The number of rotatable bonds is 15. The van der Waals surface area contributed by atoms with E-state index in [0.29, 0.717) is 40.7 Å². The van der Waals surface area contributed by atoms with Crippen LogP contribution in [0.15, 0.2) is 28.8 Å². The molecule has 0 fully saturated rings. The van der Waals surface area contributed by atoms with Crippen molar-refractivity contribution in [3.8, 4) is 28.7 Å². The van der Waals surface area contributed by atoms with E-state index in [1.54, 1.807) is 13.0 Å². The Morgan fingerprint density at radius 3 is 2.06 bits per heavy atom. The van der Waals surface area contributed by atoms with Gasteiger partial charge >= 0.3 is 5.97 Å². The quantitative estimate of drug-likeness (QED) is 0.107. The molecule has 4 aromatic rings. The first-order valence-corrected chi connectivity index (χ1v) is 15.5. The van der Waals surface area contributed by atoms with Crippen LogP contribution in [0.4, 0.5) is 11.9 Å². The molecule has 48 heavy (non-hydrogen) atoms. The molecule has 0 spiro atoms. The summed E-state index contributed by atoms with van der Waals surface area (Å²) in [5.41, 5.74) is 4.42. The van der Waals surface area contributed by atoms with E-state index in [4.69, 9.17) is 19.5 Å². The van der Waals surface area contributed by atoms with Crippen LogP contribution in [0.1, 0.15) is 59.7 Å². The summed E-state index contributed by atoms with van der Waals surface area (Å²) >= 11 is 0. The minimum absolute atomic E-state index is 0.0133. The highest BCUT2D eigenvalue weighted by atomic mass is 16.5. The van der Waals surface area contributed by atoms with Crippen LogP contribution in [-0.2, 0) is 4.79 Å². The Balaban J connectivity index is 0.000000373. The lowest BCUT2D eigenvalue weighted by Gasteiger charge is -2.16. The van der Waals surface area contributed by atoms with Crippen LogP contribution in [-0.4, -0.2) is 96.2 Å². The number of aliphatic hydroxyl groups is 2. The van der Waals surface area contributed by atoms with Crippen LogP contribution < -0.4 is 20.7 Å². The molecule has 0 radical (unpaired) electrons. The number of aromatic carboxylic acids is 1. The summed E-state index contributed by atoms with van der Waals surface area (Å²) in [6.45, 7) is 12.3. The van der Waals surface area contributed by atoms with Crippen molar-refractivity contribution in [2.45, 2.75) is 60.5 Å². The molecule has 0 saturated carbocycles. The molecule has 258 valence electrons. The molecule has 0 saturated heterocycles. The second-order valence-corrected chi connectivity index (χ2v) is 10.9. The van der Waals surface area contributed by atoms with Crippen molar-refractivity contribution >= 4 is 23.8 Å². The predicted molar refractivity (Wildman–Crippen MR) is 178 cm³/mol. The van der Waals surface area contributed by atoms with Crippen molar-refractivity contribution in [3.63, 3.8) is 0 Å². The van der Waals surface area contributed by atoms with Gasteiger partial charge in [-0.15, -0.1) is 0 Å². The molecule has 16 nitrogen and oxygen atoms in total. The number of benzene rings is 1. The number of aliphatic hydroxyl groups excluding tert-OH is 2. The number of carboxylic acid groups (broad SMARTS) is 1. The van der Waals surface area contributed by atoms with Crippen molar-refractivity contribution in [2.75, 3.05) is 43.5 Å². The zero-order valence-electron chi connectivity index (χ0n) is 28.0. The summed E-state index contributed by atoms with van der Waals surface area (Å²) in [6, 6.07) is 6.97. The molecule has 3 heterocycles. The smallest absolute Gasteiger partial charge is 0.354 e. The van der Waals surface area contributed by atoms with Gasteiger partial charge in [-0.05, 0) is 75.9 Å². The lowest BCUT2D eigenvalue weighted by Crippen LogP contribution is -2.36. The molecule has 4 rings (SSSR count). The van der Waals surface area contributed by atoms with Crippen LogP contribution in [0.3, 0.4) is 0 Å². The fraction of sp³-hybridized carbons (Fsp3) is 0.438. The van der Waals surface area contributed by atoms with E-state index in [-0.39, 0.29) is 18.8 Å². The van der Waals surface area contributed by atoms with Crippen molar-refractivity contribution in [2.24, 2.45) is 0 Å². The van der Waals surface area contributed by atoms with Crippen molar-refractivity contribution in [1.29, 1.82) is 0 Å². The molecular formula is C32H43N9O7. The highest BCUT2D eigenvalue weighted by Gasteiger charge is 2.17. The minimum atomic E-state index is -1.03. The fourth-order valence-electron chi connectivity index (χ4n) is 4.27. The third kappa shape index (κ3) is 11.2. The number of nitrogens with one attached hydrogen (secondary N) is 3. The van der Waals surface area contributed by atoms with Crippen LogP contribution in [0.2, 0.25) is 0 Å². The molecule has 6 N–H and O–H groups in total. The summed E-state index contributed by atoms with van der Waals surface area (Å²) in [5.74, 6) is 0.642. The van der Waals surface area contributed by atoms with E-state index in [9.17, 15) is 14.7 Å². The molecule has 16 heteroatoms. The van der Waals surface area contributed by atoms with Crippen molar-refractivity contribution in [3.05, 3.63) is 52.5 Å². The third-order valence-corrected chi connectivity index (χ3v) is 6.46. The maximum Gasteiger partial charge on any atom is 0.354 e. The van der Waals surface area contributed by atoms with Gasteiger partial charge in [-0.1, -0.05) is 19.0 Å². The molecule has 1 atom stereocenters. The summed E-state index contributed by atoms with van der Waals surface area (Å²) in [4.78, 5) is 43.0. The molecule has 0 aliphatic carbocycles. The number of carbonyl (C=O) groups excluding carboxylic acids is 1. The van der Waals surface area contributed by atoms with Crippen LogP contribution in [0, 0.1) is 27.7 Å². The first-order chi connectivity index (χ1) is 22.9. The number of carbonyl (C=O) groups is 2. The van der Waals surface area contributed by atoms with Gasteiger partial charge in [-0.3, -0.25) is 4.79 Å². The van der Waals surface area contributed by atoms with Gasteiger partial charge in [0.2, 0.25) is 23.6 Å². The lowest BCUT2D eigenvalue weighted by molar-refractivity contribution is -0.124. The summed E-state index contributed by atoms with van der Waals surface area (Å²) < 4.78 is 11.2. The number of ether oxygens (including phenoxy) is 1. The average Bonchev–Trinajstić information content (AvgIpc) is 3.55. The predicted octanol–water partition coefficient (Wildman–Crippen LogP) is 3.09. The Kier molecular flexibility index (Phi) is 14.1. The van der Waals surface area contributed by atoms with Gasteiger partial charge in [0.15, 0.2) is 5.69 Å². The lowest BCUT2D eigenvalue weighted by atomic mass is 10.1. The number of nitrogens with zero attached hydrogens (tertiary/aromatic N) is 6. The van der Waals surface area contributed by atoms with Crippen molar-refractivity contribution in [1.82, 2.24) is 35.4 Å². The Morgan fingerprint density at radius 2 is 1.48 bits per heavy atom. The number of amides is 1. The van der Waals surface area contributed by atoms with Gasteiger partial charge in [0.1, 0.15) is 30.8 Å². The van der Waals surface area contributed by atoms with Gasteiger partial charge in [-0.2, -0.15) is 4.98 Å².